The van der Waals surface area contributed by atoms with Crippen molar-refractivity contribution in [1.82, 2.24) is 0 Å². The first-order chi connectivity index (χ1) is 13.6. The van der Waals surface area contributed by atoms with E-state index < -0.39 is 10.8 Å². The van der Waals surface area contributed by atoms with Gasteiger partial charge in [-0.2, -0.15) is 0 Å². The summed E-state index contributed by atoms with van der Waals surface area (Å²) in [4.78, 5) is 25.8. The molecule has 0 aromatic heterocycles. The predicted octanol–water partition coefficient (Wildman–Crippen LogP) is 5.73. The molecule has 5 nitrogen and oxygen atoms in total. The molecule has 0 fully saturated rings. The molecule has 0 atom stereocenters. The Morgan fingerprint density at radius 2 is 1.36 bits per heavy atom. The van der Waals surface area contributed by atoms with E-state index in [1.54, 1.807) is 12.1 Å². The van der Waals surface area contributed by atoms with Crippen LogP contribution in [0.25, 0.3) is 10.8 Å². The molecule has 0 aliphatic carbocycles. The summed E-state index contributed by atoms with van der Waals surface area (Å²) in [5.74, 6) is -0.450. The summed E-state index contributed by atoms with van der Waals surface area (Å²) in [6.45, 7) is 0. The van der Waals surface area contributed by atoms with Gasteiger partial charge in [0.25, 0.3) is 11.6 Å². The van der Waals surface area contributed by atoms with Crippen molar-refractivity contribution in [2.24, 2.45) is 0 Å². The van der Waals surface area contributed by atoms with Crippen LogP contribution in [0.4, 0.5) is 17.1 Å². The van der Waals surface area contributed by atoms with E-state index in [-0.39, 0.29) is 11.3 Å². The maximum absolute atomic E-state index is 13.4. The quantitative estimate of drug-likeness (QED) is 0.341. The normalized spacial score (nSPS) is 10.6. The monoisotopic (exact) mass is 368 g/mol. The Bertz CT molecular complexity index is 1170. The summed E-state index contributed by atoms with van der Waals surface area (Å²) in [5.41, 5.74) is 1.12. The zero-order valence-corrected chi connectivity index (χ0v) is 14.9. The summed E-state index contributed by atoms with van der Waals surface area (Å²) < 4.78 is 0. The van der Waals surface area contributed by atoms with Crippen LogP contribution < -0.4 is 4.90 Å². The molecule has 0 bridgehead atoms. The number of anilines is 2. The van der Waals surface area contributed by atoms with Crippen molar-refractivity contribution in [1.29, 1.82) is 0 Å². The van der Waals surface area contributed by atoms with Gasteiger partial charge in [0, 0.05) is 17.4 Å². The average Bonchev–Trinajstić information content (AvgIpc) is 2.74. The minimum absolute atomic E-state index is 0.0458. The van der Waals surface area contributed by atoms with Gasteiger partial charge in [0.05, 0.1) is 4.92 Å². The van der Waals surface area contributed by atoms with Crippen LogP contribution in [0.15, 0.2) is 97.1 Å². The number of para-hydroxylation sites is 2. The summed E-state index contributed by atoms with van der Waals surface area (Å²) in [6, 6.07) is 28.7. The molecule has 0 heterocycles. The number of carbonyl (C=O) groups excluding carboxylic acids is 1. The van der Waals surface area contributed by atoms with Crippen LogP contribution in [0, 0.1) is 10.1 Å². The number of nitro benzene ring substituents is 1. The van der Waals surface area contributed by atoms with Crippen LogP contribution in [-0.2, 0) is 0 Å². The second kappa shape index (κ2) is 7.32. The summed E-state index contributed by atoms with van der Waals surface area (Å²) in [5, 5.41) is 13.5. The molecule has 4 aromatic carbocycles. The summed E-state index contributed by atoms with van der Waals surface area (Å²) in [7, 11) is 0. The fraction of sp³-hybridized carbons (Fsp3) is 0. The maximum Gasteiger partial charge on any atom is 0.282 e. The third kappa shape index (κ3) is 3.21. The van der Waals surface area contributed by atoms with Gasteiger partial charge in [-0.05, 0) is 41.1 Å². The van der Waals surface area contributed by atoms with E-state index in [2.05, 4.69) is 0 Å². The van der Waals surface area contributed by atoms with Gasteiger partial charge in [-0.3, -0.25) is 19.8 Å². The summed E-state index contributed by atoms with van der Waals surface area (Å²) >= 11 is 0. The van der Waals surface area contributed by atoms with Gasteiger partial charge in [0.1, 0.15) is 5.56 Å². The zero-order valence-electron chi connectivity index (χ0n) is 14.9. The third-order valence-corrected chi connectivity index (χ3v) is 4.54. The number of hydrogen-bond donors (Lipinski definition) is 0. The van der Waals surface area contributed by atoms with E-state index in [4.69, 9.17) is 0 Å². The fourth-order valence-corrected chi connectivity index (χ4v) is 3.21. The molecule has 0 aliphatic rings. The highest BCUT2D eigenvalue weighted by atomic mass is 16.6. The Balaban J connectivity index is 1.89. The highest BCUT2D eigenvalue weighted by Crippen LogP contribution is 2.32. The molecular weight excluding hydrogens is 352 g/mol. The van der Waals surface area contributed by atoms with Gasteiger partial charge < -0.3 is 0 Å². The van der Waals surface area contributed by atoms with E-state index in [9.17, 15) is 14.9 Å². The van der Waals surface area contributed by atoms with Gasteiger partial charge in [0.2, 0.25) is 0 Å². The lowest BCUT2D eigenvalue weighted by Crippen LogP contribution is -2.26. The molecule has 0 unspecified atom stereocenters. The molecule has 0 saturated carbocycles. The topological polar surface area (TPSA) is 63.4 Å². The smallest absolute Gasteiger partial charge is 0.277 e. The van der Waals surface area contributed by atoms with Crippen LogP contribution >= 0.6 is 0 Å². The van der Waals surface area contributed by atoms with Crippen LogP contribution in [0.1, 0.15) is 10.4 Å². The SMILES string of the molecule is O=C(c1ccccc1[N+](=O)[O-])N(c1ccccc1)c1ccc2ccccc2c1. The molecule has 0 N–H and O–H groups in total. The molecule has 0 radical (unpaired) electrons. The Hall–Kier alpha value is -3.99. The van der Waals surface area contributed by atoms with Crippen molar-refractivity contribution in [3.8, 4) is 0 Å². The van der Waals surface area contributed by atoms with Crippen LogP contribution in [0.2, 0.25) is 0 Å². The van der Waals surface area contributed by atoms with Gasteiger partial charge in [-0.1, -0.05) is 60.7 Å². The molecule has 136 valence electrons. The molecule has 4 aromatic rings. The Kier molecular flexibility index (Phi) is 4.56. The number of carbonyl (C=O) groups is 1. The van der Waals surface area contributed by atoms with Crippen molar-refractivity contribution in [3.05, 3.63) is 113 Å². The number of hydrogen-bond acceptors (Lipinski definition) is 3. The summed E-state index contributed by atoms with van der Waals surface area (Å²) in [6.07, 6.45) is 0. The van der Waals surface area contributed by atoms with Crippen molar-refractivity contribution in [3.63, 3.8) is 0 Å². The number of benzene rings is 4. The standard InChI is InChI=1S/C23H16N2O3/c26-23(21-12-6-7-13-22(21)25(27)28)24(19-10-2-1-3-11-19)20-15-14-17-8-4-5-9-18(17)16-20/h1-16H. The van der Waals surface area contributed by atoms with E-state index in [1.807, 2.05) is 72.8 Å². The minimum Gasteiger partial charge on any atom is -0.277 e. The highest BCUT2D eigenvalue weighted by molar-refractivity contribution is 6.13. The lowest BCUT2D eigenvalue weighted by Gasteiger charge is -2.23. The Labute approximate surface area is 161 Å². The lowest BCUT2D eigenvalue weighted by molar-refractivity contribution is -0.385. The van der Waals surface area contributed by atoms with Crippen LogP contribution in [0.5, 0.6) is 0 Å². The second-order valence-electron chi connectivity index (χ2n) is 6.28. The van der Waals surface area contributed by atoms with E-state index in [1.165, 1.54) is 17.0 Å². The molecule has 0 aliphatic heterocycles. The predicted molar refractivity (Wildman–Crippen MR) is 110 cm³/mol. The first kappa shape index (κ1) is 17.4. The van der Waals surface area contributed by atoms with Gasteiger partial charge in [-0.15, -0.1) is 0 Å². The minimum atomic E-state index is -0.531. The van der Waals surface area contributed by atoms with Gasteiger partial charge >= 0.3 is 0 Å². The largest absolute Gasteiger partial charge is 0.282 e. The second-order valence-corrected chi connectivity index (χ2v) is 6.28. The molecule has 4 rings (SSSR count). The molecule has 0 saturated heterocycles. The first-order valence-corrected chi connectivity index (χ1v) is 8.77. The van der Waals surface area contributed by atoms with Crippen LogP contribution in [0.3, 0.4) is 0 Å². The van der Waals surface area contributed by atoms with Crippen molar-refractivity contribution in [2.75, 3.05) is 4.90 Å². The number of rotatable bonds is 4. The molecular formula is C23H16N2O3. The molecule has 0 spiro atoms. The van der Waals surface area contributed by atoms with Gasteiger partial charge in [-0.25, -0.2) is 0 Å². The Morgan fingerprint density at radius 1 is 0.714 bits per heavy atom. The number of fused-ring (bicyclic) bond motifs is 1. The van der Waals surface area contributed by atoms with E-state index >= 15 is 0 Å². The molecule has 28 heavy (non-hydrogen) atoms. The van der Waals surface area contributed by atoms with Crippen LogP contribution in [-0.4, -0.2) is 10.8 Å². The zero-order chi connectivity index (χ0) is 19.5. The number of amides is 1. The fourth-order valence-electron chi connectivity index (χ4n) is 3.21. The highest BCUT2D eigenvalue weighted by Gasteiger charge is 2.26. The molecule has 5 heteroatoms. The maximum atomic E-state index is 13.4. The van der Waals surface area contributed by atoms with E-state index in [0.717, 1.165) is 10.8 Å². The average molecular weight is 368 g/mol. The lowest BCUT2D eigenvalue weighted by atomic mass is 10.1. The van der Waals surface area contributed by atoms with Gasteiger partial charge in [0.15, 0.2) is 0 Å². The molecule has 1 amide bonds. The third-order valence-electron chi connectivity index (χ3n) is 4.54. The van der Waals surface area contributed by atoms with Crippen molar-refractivity contribution >= 4 is 33.7 Å². The number of nitrogens with zero attached hydrogens (tertiary/aromatic N) is 2. The first-order valence-electron chi connectivity index (χ1n) is 8.77. The Morgan fingerprint density at radius 3 is 2.11 bits per heavy atom. The number of nitro groups is 1. The van der Waals surface area contributed by atoms with E-state index in [0.29, 0.717) is 11.4 Å². The van der Waals surface area contributed by atoms with Crippen molar-refractivity contribution < 1.29 is 9.72 Å². The van der Waals surface area contributed by atoms with Crippen molar-refractivity contribution in [2.45, 2.75) is 0 Å².